The summed E-state index contributed by atoms with van der Waals surface area (Å²) < 4.78 is 5.54. The van der Waals surface area contributed by atoms with Gasteiger partial charge in [0.15, 0.2) is 0 Å². The summed E-state index contributed by atoms with van der Waals surface area (Å²) in [6.07, 6.45) is 4.54. The first-order valence-corrected chi connectivity index (χ1v) is 6.96. The van der Waals surface area contributed by atoms with E-state index in [-0.39, 0.29) is 0 Å². The summed E-state index contributed by atoms with van der Waals surface area (Å²) in [6, 6.07) is 0.822. The predicted octanol–water partition coefficient (Wildman–Crippen LogP) is 1.90. The first kappa shape index (κ1) is 10.8. The smallest absolute Gasteiger partial charge is 0.0580 e. The fourth-order valence-electron chi connectivity index (χ4n) is 2.13. The second-order valence-corrected chi connectivity index (χ2v) is 5.47. The van der Waals surface area contributed by atoms with E-state index < -0.39 is 0 Å². The summed E-state index contributed by atoms with van der Waals surface area (Å²) in [5.74, 6) is 3.59. The average molecular weight is 215 g/mol. The number of nitrogens with one attached hydrogen (secondary N) is 1. The van der Waals surface area contributed by atoms with Gasteiger partial charge in [-0.1, -0.05) is 0 Å². The molecule has 2 fully saturated rings. The fraction of sp³-hybridized carbons (Fsp3) is 1.00. The molecule has 1 heterocycles. The normalized spacial score (nSPS) is 32.4. The zero-order valence-corrected chi connectivity index (χ0v) is 9.81. The van der Waals surface area contributed by atoms with Crippen LogP contribution >= 0.6 is 11.8 Å². The molecule has 82 valence electrons. The molecule has 1 aliphatic carbocycles. The quantitative estimate of drug-likeness (QED) is 0.731. The molecule has 0 aromatic carbocycles. The highest BCUT2D eigenvalue weighted by Crippen LogP contribution is 2.32. The highest BCUT2D eigenvalue weighted by molar-refractivity contribution is 8.00. The van der Waals surface area contributed by atoms with E-state index >= 15 is 0 Å². The Morgan fingerprint density at radius 2 is 2.14 bits per heavy atom. The summed E-state index contributed by atoms with van der Waals surface area (Å²) in [4.78, 5) is 0. The molecule has 0 amide bonds. The van der Waals surface area contributed by atoms with Gasteiger partial charge in [0, 0.05) is 24.2 Å². The van der Waals surface area contributed by atoms with Gasteiger partial charge in [0.05, 0.1) is 6.10 Å². The Kier molecular flexibility index (Phi) is 4.14. The van der Waals surface area contributed by atoms with Crippen LogP contribution in [0.5, 0.6) is 0 Å². The van der Waals surface area contributed by atoms with Crippen molar-refractivity contribution in [1.82, 2.24) is 5.32 Å². The van der Waals surface area contributed by atoms with E-state index in [1.165, 1.54) is 37.3 Å². The lowest BCUT2D eigenvalue weighted by molar-refractivity contribution is -0.0263. The summed E-state index contributed by atoms with van der Waals surface area (Å²) >= 11 is 2.05. The molecule has 0 radical (unpaired) electrons. The first-order chi connectivity index (χ1) is 6.88. The fourth-order valence-corrected chi connectivity index (χ4v) is 2.83. The van der Waals surface area contributed by atoms with E-state index in [2.05, 4.69) is 12.2 Å². The van der Waals surface area contributed by atoms with Crippen molar-refractivity contribution in [2.45, 2.75) is 38.3 Å². The van der Waals surface area contributed by atoms with Gasteiger partial charge in [0.1, 0.15) is 0 Å². The summed E-state index contributed by atoms with van der Waals surface area (Å²) in [6.45, 7) is 4.19. The number of hydrogen-bond acceptors (Lipinski definition) is 3. The van der Waals surface area contributed by atoms with Crippen molar-refractivity contribution in [3.63, 3.8) is 0 Å². The third-order valence-electron chi connectivity index (χ3n) is 3.22. The molecule has 2 rings (SSSR count). The molecule has 0 aromatic rings. The third kappa shape index (κ3) is 2.88. The van der Waals surface area contributed by atoms with Gasteiger partial charge in [-0.05, 0) is 38.6 Å². The van der Waals surface area contributed by atoms with E-state index in [1.54, 1.807) is 0 Å². The molecule has 1 saturated carbocycles. The minimum atomic E-state index is 0.587. The number of ether oxygens (including phenoxy) is 1. The maximum atomic E-state index is 5.54. The Bertz CT molecular complexity index is 167. The first-order valence-electron chi connectivity index (χ1n) is 5.81. The van der Waals surface area contributed by atoms with Crippen LogP contribution in [0.1, 0.15) is 26.2 Å². The highest BCUT2D eigenvalue weighted by Gasteiger charge is 2.29. The van der Waals surface area contributed by atoms with Crippen LogP contribution in [0.4, 0.5) is 0 Å². The van der Waals surface area contributed by atoms with E-state index in [0.717, 1.165) is 18.6 Å². The Morgan fingerprint density at radius 3 is 2.71 bits per heavy atom. The van der Waals surface area contributed by atoms with Gasteiger partial charge in [-0.2, -0.15) is 11.8 Å². The SMILES string of the molecule is CCOC1CC(CCNC2CSC2)C1. The van der Waals surface area contributed by atoms with Crippen LogP contribution in [-0.2, 0) is 4.74 Å². The van der Waals surface area contributed by atoms with Gasteiger partial charge >= 0.3 is 0 Å². The molecule has 2 nitrogen and oxygen atoms in total. The molecule has 0 aromatic heterocycles. The molecule has 0 unspecified atom stereocenters. The maximum absolute atomic E-state index is 5.54. The Balaban J connectivity index is 1.43. The summed E-state index contributed by atoms with van der Waals surface area (Å²) in [7, 11) is 0. The molecule has 1 aliphatic heterocycles. The van der Waals surface area contributed by atoms with Crippen LogP contribution in [0.25, 0.3) is 0 Å². The Morgan fingerprint density at radius 1 is 1.36 bits per heavy atom. The summed E-state index contributed by atoms with van der Waals surface area (Å²) in [5, 5.41) is 3.60. The number of thioether (sulfide) groups is 1. The van der Waals surface area contributed by atoms with Crippen molar-refractivity contribution in [2.75, 3.05) is 24.7 Å². The van der Waals surface area contributed by atoms with Crippen LogP contribution in [0, 0.1) is 5.92 Å². The van der Waals surface area contributed by atoms with Crippen molar-refractivity contribution in [1.29, 1.82) is 0 Å². The minimum absolute atomic E-state index is 0.587. The van der Waals surface area contributed by atoms with Crippen molar-refractivity contribution in [2.24, 2.45) is 5.92 Å². The molecular weight excluding hydrogens is 194 g/mol. The van der Waals surface area contributed by atoms with Gasteiger partial charge in [-0.15, -0.1) is 0 Å². The monoisotopic (exact) mass is 215 g/mol. The van der Waals surface area contributed by atoms with Crippen molar-refractivity contribution in [3.8, 4) is 0 Å². The van der Waals surface area contributed by atoms with Gasteiger partial charge in [0.25, 0.3) is 0 Å². The van der Waals surface area contributed by atoms with Gasteiger partial charge in [-0.3, -0.25) is 0 Å². The van der Waals surface area contributed by atoms with Crippen molar-refractivity contribution in [3.05, 3.63) is 0 Å². The van der Waals surface area contributed by atoms with Gasteiger partial charge < -0.3 is 10.1 Å². The molecule has 0 spiro atoms. The Labute approximate surface area is 91.2 Å². The lowest BCUT2D eigenvalue weighted by atomic mass is 9.80. The van der Waals surface area contributed by atoms with Crippen LogP contribution in [0.2, 0.25) is 0 Å². The van der Waals surface area contributed by atoms with Crippen LogP contribution in [0.3, 0.4) is 0 Å². The standard InChI is InChI=1S/C11H21NOS/c1-2-13-11-5-9(6-11)3-4-12-10-7-14-8-10/h9-12H,2-8H2,1H3. The molecule has 14 heavy (non-hydrogen) atoms. The van der Waals surface area contributed by atoms with E-state index in [1.807, 2.05) is 11.8 Å². The number of rotatable bonds is 6. The summed E-state index contributed by atoms with van der Waals surface area (Å²) in [5.41, 5.74) is 0. The van der Waals surface area contributed by atoms with Crippen molar-refractivity contribution < 1.29 is 4.74 Å². The van der Waals surface area contributed by atoms with Crippen molar-refractivity contribution >= 4 is 11.8 Å². The molecule has 1 N–H and O–H groups in total. The van der Waals surface area contributed by atoms with E-state index in [9.17, 15) is 0 Å². The molecular formula is C11H21NOS. The Hall–Kier alpha value is 0.270. The lowest BCUT2D eigenvalue weighted by Crippen LogP contribution is -2.42. The second kappa shape index (κ2) is 5.38. The maximum Gasteiger partial charge on any atom is 0.0580 e. The van der Waals surface area contributed by atoms with E-state index in [0.29, 0.717) is 6.10 Å². The lowest BCUT2D eigenvalue weighted by Gasteiger charge is -2.35. The van der Waals surface area contributed by atoms with E-state index in [4.69, 9.17) is 4.74 Å². The topological polar surface area (TPSA) is 21.3 Å². The van der Waals surface area contributed by atoms with Crippen LogP contribution in [-0.4, -0.2) is 36.8 Å². The van der Waals surface area contributed by atoms with Crippen LogP contribution in [0.15, 0.2) is 0 Å². The predicted molar refractivity (Wildman–Crippen MR) is 61.9 cm³/mol. The minimum Gasteiger partial charge on any atom is -0.378 e. The van der Waals surface area contributed by atoms with Gasteiger partial charge in [0.2, 0.25) is 0 Å². The molecule has 0 bridgehead atoms. The zero-order valence-electron chi connectivity index (χ0n) is 9.00. The average Bonchev–Trinajstić information content (AvgIpc) is 2.04. The largest absolute Gasteiger partial charge is 0.378 e. The molecule has 0 atom stereocenters. The number of hydrogen-bond donors (Lipinski definition) is 1. The zero-order chi connectivity index (χ0) is 9.80. The molecule has 3 heteroatoms. The molecule has 1 saturated heterocycles. The second-order valence-electron chi connectivity index (χ2n) is 4.39. The van der Waals surface area contributed by atoms with Crippen LogP contribution < -0.4 is 5.32 Å². The van der Waals surface area contributed by atoms with Gasteiger partial charge in [-0.25, -0.2) is 0 Å². The third-order valence-corrected chi connectivity index (χ3v) is 4.49. The molecule has 2 aliphatic rings. The highest BCUT2D eigenvalue weighted by atomic mass is 32.2.